The summed E-state index contributed by atoms with van der Waals surface area (Å²) >= 11 is 0. The molecule has 2 N–H and O–H groups in total. The number of hydrogen-bond acceptors (Lipinski definition) is 4. The lowest BCUT2D eigenvalue weighted by atomic mass is 9.85. The van der Waals surface area contributed by atoms with Crippen molar-refractivity contribution in [3.8, 4) is 0 Å². The van der Waals surface area contributed by atoms with E-state index in [1.165, 1.54) is 17.3 Å². The third-order valence-electron chi connectivity index (χ3n) is 3.68. The minimum Gasteiger partial charge on any atom is -0.396 e. The van der Waals surface area contributed by atoms with Crippen molar-refractivity contribution in [2.75, 3.05) is 6.61 Å². The molecule has 0 aromatic carbocycles. The SMILES string of the molecule is CC(C(=O)NC1CCCCC1CO)n1cncn1. The molecule has 3 atom stereocenters. The second-order valence-corrected chi connectivity index (χ2v) is 4.89. The molecule has 100 valence electrons. The molecule has 0 aliphatic heterocycles. The molecule has 0 bridgehead atoms. The quantitative estimate of drug-likeness (QED) is 0.818. The van der Waals surface area contributed by atoms with Crippen LogP contribution in [0.2, 0.25) is 0 Å². The van der Waals surface area contributed by atoms with Gasteiger partial charge in [0.1, 0.15) is 18.7 Å². The van der Waals surface area contributed by atoms with Crippen molar-refractivity contribution in [3.63, 3.8) is 0 Å². The average Bonchev–Trinajstić information content (AvgIpc) is 2.92. The molecule has 0 saturated heterocycles. The average molecular weight is 252 g/mol. The fourth-order valence-corrected chi connectivity index (χ4v) is 2.46. The van der Waals surface area contributed by atoms with Gasteiger partial charge in [0.2, 0.25) is 5.91 Å². The number of carbonyl (C=O) groups excluding carboxylic acids is 1. The van der Waals surface area contributed by atoms with Crippen LogP contribution in [0.4, 0.5) is 0 Å². The topological polar surface area (TPSA) is 80.0 Å². The summed E-state index contributed by atoms with van der Waals surface area (Å²) in [7, 11) is 0. The van der Waals surface area contributed by atoms with Gasteiger partial charge in [-0.3, -0.25) is 4.79 Å². The maximum atomic E-state index is 12.1. The van der Waals surface area contributed by atoms with Crippen LogP contribution in [0.15, 0.2) is 12.7 Å². The molecule has 1 saturated carbocycles. The molecule has 1 heterocycles. The van der Waals surface area contributed by atoms with Crippen LogP contribution in [0, 0.1) is 5.92 Å². The van der Waals surface area contributed by atoms with E-state index < -0.39 is 0 Å². The van der Waals surface area contributed by atoms with Gasteiger partial charge in [-0.05, 0) is 19.8 Å². The summed E-state index contributed by atoms with van der Waals surface area (Å²) < 4.78 is 1.53. The van der Waals surface area contributed by atoms with Gasteiger partial charge in [-0.1, -0.05) is 12.8 Å². The van der Waals surface area contributed by atoms with Crippen LogP contribution in [0.1, 0.15) is 38.6 Å². The summed E-state index contributed by atoms with van der Waals surface area (Å²) in [5.74, 6) is 0.122. The summed E-state index contributed by atoms with van der Waals surface area (Å²) in [4.78, 5) is 15.9. The molecule has 0 spiro atoms. The predicted octanol–water partition coefficient (Wildman–Crippen LogP) is 0.506. The Morgan fingerprint density at radius 2 is 2.33 bits per heavy atom. The molecule has 1 aromatic heterocycles. The second-order valence-electron chi connectivity index (χ2n) is 4.89. The second kappa shape index (κ2) is 5.95. The van der Waals surface area contributed by atoms with Gasteiger partial charge in [-0.25, -0.2) is 9.67 Å². The fraction of sp³-hybridized carbons (Fsp3) is 0.750. The van der Waals surface area contributed by atoms with Crippen molar-refractivity contribution in [2.45, 2.75) is 44.7 Å². The van der Waals surface area contributed by atoms with E-state index in [2.05, 4.69) is 15.4 Å². The van der Waals surface area contributed by atoms with E-state index >= 15 is 0 Å². The first-order chi connectivity index (χ1) is 8.72. The number of carbonyl (C=O) groups is 1. The van der Waals surface area contributed by atoms with E-state index in [9.17, 15) is 9.90 Å². The zero-order valence-electron chi connectivity index (χ0n) is 10.6. The molecule has 1 fully saturated rings. The van der Waals surface area contributed by atoms with Crippen molar-refractivity contribution in [1.82, 2.24) is 20.1 Å². The summed E-state index contributed by atoms with van der Waals surface area (Å²) in [6, 6.07) is -0.281. The number of aliphatic hydroxyl groups excluding tert-OH is 1. The van der Waals surface area contributed by atoms with E-state index in [0.717, 1.165) is 25.7 Å². The zero-order valence-corrected chi connectivity index (χ0v) is 10.6. The van der Waals surface area contributed by atoms with E-state index in [1.807, 2.05) is 0 Å². The van der Waals surface area contributed by atoms with E-state index in [-0.39, 0.29) is 30.5 Å². The highest BCUT2D eigenvalue weighted by atomic mass is 16.3. The number of nitrogens with one attached hydrogen (secondary N) is 1. The van der Waals surface area contributed by atoms with Crippen LogP contribution in [0.25, 0.3) is 0 Å². The molecule has 1 aliphatic rings. The molecular weight excluding hydrogens is 232 g/mol. The molecule has 3 unspecified atom stereocenters. The van der Waals surface area contributed by atoms with Crippen molar-refractivity contribution in [2.24, 2.45) is 5.92 Å². The van der Waals surface area contributed by atoms with Gasteiger partial charge < -0.3 is 10.4 Å². The third kappa shape index (κ3) is 2.87. The highest BCUT2D eigenvalue weighted by molar-refractivity contribution is 5.80. The lowest BCUT2D eigenvalue weighted by Crippen LogP contribution is -2.45. The fourth-order valence-electron chi connectivity index (χ4n) is 2.46. The highest BCUT2D eigenvalue weighted by Crippen LogP contribution is 2.24. The van der Waals surface area contributed by atoms with Crippen molar-refractivity contribution >= 4 is 5.91 Å². The van der Waals surface area contributed by atoms with Gasteiger partial charge in [0.15, 0.2) is 0 Å². The predicted molar refractivity (Wildman–Crippen MR) is 65.7 cm³/mol. The number of hydrogen-bond donors (Lipinski definition) is 2. The van der Waals surface area contributed by atoms with Crippen LogP contribution < -0.4 is 5.32 Å². The van der Waals surface area contributed by atoms with Crippen LogP contribution in [-0.4, -0.2) is 38.4 Å². The Balaban J connectivity index is 1.93. The first-order valence-corrected chi connectivity index (χ1v) is 6.47. The Hall–Kier alpha value is -1.43. The molecule has 0 radical (unpaired) electrons. The molecule has 18 heavy (non-hydrogen) atoms. The monoisotopic (exact) mass is 252 g/mol. The largest absolute Gasteiger partial charge is 0.396 e. The smallest absolute Gasteiger partial charge is 0.244 e. The van der Waals surface area contributed by atoms with Gasteiger partial charge in [0.05, 0.1) is 0 Å². The molecule has 1 aliphatic carbocycles. The van der Waals surface area contributed by atoms with Crippen LogP contribution in [0.5, 0.6) is 0 Å². The molecule has 6 nitrogen and oxygen atoms in total. The standard InChI is InChI=1S/C12H20N4O2/c1-9(16-8-13-7-14-16)12(18)15-11-5-3-2-4-10(11)6-17/h7-11,17H,2-6H2,1H3,(H,15,18). The maximum Gasteiger partial charge on any atom is 0.244 e. The first kappa shape index (κ1) is 13.0. The minimum atomic E-state index is -0.367. The summed E-state index contributed by atoms with van der Waals surface area (Å²) in [5.41, 5.74) is 0. The normalized spacial score (nSPS) is 25.7. The minimum absolute atomic E-state index is 0.0640. The zero-order chi connectivity index (χ0) is 13.0. The summed E-state index contributed by atoms with van der Waals surface area (Å²) in [6.07, 6.45) is 7.13. The van der Waals surface area contributed by atoms with Gasteiger partial charge in [-0.2, -0.15) is 5.10 Å². The van der Waals surface area contributed by atoms with E-state index in [1.54, 1.807) is 6.92 Å². The Morgan fingerprint density at radius 3 is 3.00 bits per heavy atom. The van der Waals surface area contributed by atoms with Crippen LogP contribution in [0.3, 0.4) is 0 Å². The summed E-state index contributed by atoms with van der Waals surface area (Å²) in [5, 5.41) is 16.3. The Labute approximate surface area is 106 Å². The third-order valence-corrected chi connectivity index (χ3v) is 3.68. The van der Waals surface area contributed by atoms with Crippen molar-refractivity contribution in [3.05, 3.63) is 12.7 Å². The Kier molecular flexibility index (Phi) is 4.30. The highest BCUT2D eigenvalue weighted by Gasteiger charge is 2.27. The number of nitrogens with zero attached hydrogens (tertiary/aromatic N) is 3. The lowest BCUT2D eigenvalue weighted by molar-refractivity contribution is -0.125. The molecule has 1 aromatic rings. The number of amides is 1. The van der Waals surface area contributed by atoms with Gasteiger partial charge in [-0.15, -0.1) is 0 Å². The van der Waals surface area contributed by atoms with Crippen molar-refractivity contribution < 1.29 is 9.90 Å². The Morgan fingerprint density at radius 1 is 1.56 bits per heavy atom. The first-order valence-electron chi connectivity index (χ1n) is 6.47. The van der Waals surface area contributed by atoms with Crippen LogP contribution >= 0.6 is 0 Å². The van der Waals surface area contributed by atoms with Gasteiger partial charge in [0, 0.05) is 18.6 Å². The number of aromatic nitrogens is 3. The number of aliphatic hydroxyl groups is 1. The van der Waals surface area contributed by atoms with Crippen molar-refractivity contribution in [1.29, 1.82) is 0 Å². The van der Waals surface area contributed by atoms with Gasteiger partial charge >= 0.3 is 0 Å². The van der Waals surface area contributed by atoms with E-state index in [4.69, 9.17) is 0 Å². The Bertz CT molecular complexity index is 379. The van der Waals surface area contributed by atoms with Crippen LogP contribution in [-0.2, 0) is 4.79 Å². The molecular formula is C12H20N4O2. The lowest BCUT2D eigenvalue weighted by Gasteiger charge is -2.31. The van der Waals surface area contributed by atoms with E-state index in [0.29, 0.717) is 0 Å². The molecule has 1 amide bonds. The van der Waals surface area contributed by atoms with Gasteiger partial charge in [0.25, 0.3) is 0 Å². The maximum absolute atomic E-state index is 12.1. The number of rotatable bonds is 4. The molecule has 6 heteroatoms. The molecule has 2 rings (SSSR count). The summed E-state index contributed by atoms with van der Waals surface area (Å²) in [6.45, 7) is 1.93.